The van der Waals surface area contributed by atoms with Gasteiger partial charge < -0.3 is 10.4 Å². The van der Waals surface area contributed by atoms with Crippen molar-refractivity contribution in [1.82, 2.24) is 15.1 Å². The average molecular weight is 239 g/mol. The van der Waals surface area contributed by atoms with E-state index in [4.69, 9.17) is 5.11 Å². The molecule has 1 atom stereocenters. The maximum absolute atomic E-state index is 11.9. The molecular weight excluding hydrogens is 222 g/mol. The molecule has 17 heavy (non-hydrogen) atoms. The van der Waals surface area contributed by atoms with Gasteiger partial charge in [-0.25, -0.2) is 4.79 Å². The van der Waals surface area contributed by atoms with E-state index in [2.05, 4.69) is 10.4 Å². The molecule has 0 saturated carbocycles. The highest BCUT2D eigenvalue weighted by molar-refractivity contribution is 5.97. The second-order valence-corrected chi connectivity index (χ2v) is 4.34. The topological polar surface area (TPSA) is 84.2 Å². The Balaban J connectivity index is 2.85. The minimum absolute atomic E-state index is 0.173. The van der Waals surface area contributed by atoms with Crippen LogP contribution >= 0.6 is 0 Å². The highest BCUT2D eigenvalue weighted by Gasteiger charge is 2.25. The van der Waals surface area contributed by atoms with Gasteiger partial charge in [0.1, 0.15) is 6.04 Å². The Morgan fingerprint density at radius 2 is 2.06 bits per heavy atom. The summed E-state index contributed by atoms with van der Waals surface area (Å²) in [5.41, 5.74) is 0.984. The van der Waals surface area contributed by atoms with Crippen LogP contribution in [0.4, 0.5) is 0 Å². The predicted octanol–water partition coefficient (Wildman–Crippen LogP) is 0.568. The zero-order valence-electron chi connectivity index (χ0n) is 10.4. The number of carbonyl (C=O) groups is 2. The SMILES string of the molecule is Cc1nn(C)cc1C(=O)NC(C(=O)O)C(C)C. The summed E-state index contributed by atoms with van der Waals surface area (Å²) in [6.07, 6.45) is 1.57. The van der Waals surface area contributed by atoms with Crippen LogP contribution in [0, 0.1) is 12.8 Å². The zero-order chi connectivity index (χ0) is 13.2. The maximum Gasteiger partial charge on any atom is 0.326 e. The van der Waals surface area contributed by atoms with Gasteiger partial charge in [0, 0.05) is 13.2 Å². The summed E-state index contributed by atoms with van der Waals surface area (Å²) in [6, 6.07) is -0.887. The van der Waals surface area contributed by atoms with Crippen LogP contribution in [0.3, 0.4) is 0 Å². The number of carboxylic acids is 1. The van der Waals surface area contributed by atoms with Crippen LogP contribution in [0.1, 0.15) is 29.9 Å². The molecule has 1 heterocycles. The van der Waals surface area contributed by atoms with Gasteiger partial charge in [-0.3, -0.25) is 9.48 Å². The lowest BCUT2D eigenvalue weighted by Crippen LogP contribution is -2.44. The minimum atomic E-state index is -1.03. The van der Waals surface area contributed by atoms with E-state index < -0.39 is 17.9 Å². The Morgan fingerprint density at radius 3 is 2.41 bits per heavy atom. The highest BCUT2D eigenvalue weighted by atomic mass is 16.4. The molecule has 0 aromatic carbocycles. The first-order valence-corrected chi connectivity index (χ1v) is 5.36. The molecule has 0 bridgehead atoms. The fraction of sp³-hybridized carbons (Fsp3) is 0.545. The van der Waals surface area contributed by atoms with E-state index in [-0.39, 0.29) is 5.92 Å². The Labute approximate surface area is 99.6 Å². The molecule has 0 saturated heterocycles. The third-order valence-corrected chi connectivity index (χ3v) is 2.48. The lowest BCUT2D eigenvalue weighted by atomic mass is 10.0. The molecule has 1 aromatic heterocycles. The molecule has 0 spiro atoms. The largest absolute Gasteiger partial charge is 0.480 e. The summed E-state index contributed by atoms with van der Waals surface area (Å²) in [7, 11) is 1.71. The number of aryl methyl sites for hydroxylation is 2. The van der Waals surface area contributed by atoms with Crippen molar-refractivity contribution in [2.45, 2.75) is 26.8 Å². The van der Waals surface area contributed by atoms with Crippen LogP contribution in [0.2, 0.25) is 0 Å². The molecule has 0 radical (unpaired) electrons. The number of aromatic nitrogens is 2. The predicted molar refractivity (Wildman–Crippen MR) is 61.7 cm³/mol. The van der Waals surface area contributed by atoms with Crippen molar-refractivity contribution in [2.75, 3.05) is 0 Å². The summed E-state index contributed by atoms with van der Waals surface area (Å²) in [4.78, 5) is 22.8. The number of hydrogen-bond donors (Lipinski definition) is 2. The third-order valence-electron chi connectivity index (χ3n) is 2.48. The summed E-state index contributed by atoms with van der Waals surface area (Å²) in [5.74, 6) is -1.61. The number of rotatable bonds is 4. The smallest absolute Gasteiger partial charge is 0.326 e. The van der Waals surface area contributed by atoms with Gasteiger partial charge in [0.15, 0.2) is 0 Å². The fourth-order valence-corrected chi connectivity index (χ4v) is 1.56. The van der Waals surface area contributed by atoms with E-state index in [9.17, 15) is 9.59 Å². The van der Waals surface area contributed by atoms with Crippen molar-refractivity contribution < 1.29 is 14.7 Å². The van der Waals surface area contributed by atoms with Crippen molar-refractivity contribution in [2.24, 2.45) is 13.0 Å². The first-order chi connectivity index (χ1) is 7.82. The molecule has 0 aliphatic heterocycles. The van der Waals surface area contributed by atoms with E-state index in [1.54, 1.807) is 34.0 Å². The van der Waals surface area contributed by atoms with E-state index in [1.165, 1.54) is 4.68 Å². The van der Waals surface area contributed by atoms with Gasteiger partial charge in [-0.15, -0.1) is 0 Å². The van der Waals surface area contributed by atoms with Crippen molar-refractivity contribution in [3.8, 4) is 0 Å². The molecule has 1 aromatic rings. The lowest BCUT2D eigenvalue weighted by Gasteiger charge is -2.17. The van der Waals surface area contributed by atoms with Crippen LogP contribution in [0.5, 0.6) is 0 Å². The molecule has 1 unspecified atom stereocenters. The molecule has 6 nitrogen and oxygen atoms in total. The molecule has 0 aliphatic carbocycles. The van der Waals surface area contributed by atoms with E-state index in [0.717, 1.165) is 0 Å². The molecule has 6 heteroatoms. The Bertz CT molecular complexity index is 437. The minimum Gasteiger partial charge on any atom is -0.480 e. The van der Waals surface area contributed by atoms with Crippen LogP contribution < -0.4 is 5.32 Å². The number of carboxylic acid groups (broad SMARTS) is 1. The highest BCUT2D eigenvalue weighted by Crippen LogP contribution is 2.07. The summed E-state index contributed by atoms with van der Waals surface area (Å²) in [6.45, 7) is 5.20. The van der Waals surface area contributed by atoms with Gasteiger partial charge >= 0.3 is 5.97 Å². The molecule has 1 rings (SSSR count). The Kier molecular flexibility index (Phi) is 3.88. The normalized spacial score (nSPS) is 12.5. The van der Waals surface area contributed by atoms with Crippen molar-refractivity contribution in [1.29, 1.82) is 0 Å². The lowest BCUT2D eigenvalue weighted by molar-refractivity contribution is -0.140. The van der Waals surface area contributed by atoms with E-state index in [1.807, 2.05) is 0 Å². The van der Waals surface area contributed by atoms with Crippen molar-refractivity contribution >= 4 is 11.9 Å². The average Bonchev–Trinajstić information content (AvgIpc) is 2.53. The summed E-state index contributed by atoms with van der Waals surface area (Å²) < 4.78 is 1.52. The first kappa shape index (κ1) is 13.2. The van der Waals surface area contributed by atoms with Crippen molar-refractivity contribution in [3.05, 3.63) is 17.5 Å². The molecule has 0 aliphatic rings. The number of carbonyl (C=O) groups excluding carboxylic acids is 1. The molecule has 94 valence electrons. The van der Waals surface area contributed by atoms with E-state index in [0.29, 0.717) is 11.3 Å². The zero-order valence-corrected chi connectivity index (χ0v) is 10.4. The Morgan fingerprint density at radius 1 is 1.47 bits per heavy atom. The number of nitrogens with zero attached hydrogens (tertiary/aromatic N) is 2. The maximum atomic E-state index is 11.9. The van der Waals surface area contributed by atoms with Crippen molar-refractivity contribution in [3.63, 3.8) is 0 Å². The third kappa shape index (κ3) is 3.05. The number of nitrogens with one attached hydrogen (secondary N) is 1. The monoisotopic (exact) mass is 239 g/mol. The molecule has 1 amide bonds. The first-order valence-electron chi connectivity index (χ1n) is 5.36. The van der Waals surface area contributed by atoms with Gasteiger partial charge in [-0.2, -0.15) is 5.10 Å². The van der Waals surface area contributed by atoms with Crippen LogP contribution in [-0.2, 0) is 11.8 Å². The summed E-state index contributed by atoms with van der Waals surface area (Å²) >= 11 is 0. The van der Waals surface area contributed by atoms with Crippen LogP contribution in [-0.4, -0.2) is 32.8 Å². The Hall–Kier alpha value is -1.85. The van der Waals surface area contributed by atoms with Gasteiger partial charge in [-0.05, 0) is 12.8 Å². The van der Waals surface area contributed by atoms with Crippen LogP contribution in [0.25, 0.3) is 0 Å². The molecule has 2 N–H and O–H groups in total. The number of aliphatic carboxylic acids is 1. The van der Waals surface area contributed by atoms with Gasteiger partial charge in [0.25, 0.3) is 5.91 Å². The molecular formula is C11H17N3O3. The van der Waals surface area contributed by atoms with Crippen LogP contribution in [0.15, 0.2) is 6.20 Å². The van der Waals surface area contributed by atoms with E-state index >= 15 is 0 Å². The quantitative estimate of drug-likeness (QED) is 0.804. The number of amides is 1. The van der Waals surface area contributed by atoms with Gasteiger partial charge in [0.2, 0.25) is 0 Å². The second-order valence-electron chi connectivity index (χ2n) is 4.34. The molecule has 0 fully saturated rings. The van der Waals surface area contributed by atoms with Gasteiger partial charge in [0.05, 0.1) is 11.3 Å². The summed E-state index contributed by atoms with van der Waals surface area (Å²) in [5, 5.41) is 15.5. The van der Waals surface area contributed by atoms with Gasteiger partial charge in [-0.1, -0.05) is 13.8 Å². The number of hydrogen-bond acceptors (Lipinski definition) is 3. The standard InChI is InChI=1S/C11H17N3O3/c1-6(2)9(11(16)17)12-10(15)8-5-14(4)13-7(8)3/h5-6,9H,1-4H3,(H,12,15)(H,16,17). The second kappa shape index (κ2) is 4.99. The fourth-order valence-electron chi connectivity index (χ4n) is 1.56.